The smallest absolute Gasteiger partial charge is 0.370 e. The van der Waals surface area contributed by atoms with Crippen molar-refractivity contribution in [1.82, 2.24) is 25.0 Å². The summed E-state index contributed by atoms with van der Waals surface area (Å²) in [6, 6.07) is 5.33. The maximum Gasteiger partial charge on any atom is 0.416 e. The molecule has 10 heteroatoms. The standard InChI is InChI=1S/C19H25F3N6O/c1-23-18(24-7-2-3-8-27-13-25-26-14-27)28-9-10-29-17(12-28)15-5-4-6-16(11-15)19(20,21)22/h4-6,11,13-14,17H,2-3,7-10,12H2,1H3,(H,23,24). The van der Waals surface area contributed by atoms with Crippen molar-refractivity contribution >= 4 is 5.96 Å². The highest BCUT2D eigenvalue weighted by atomic mass is 19.4. The van der Waals surface area contributed by atoms with E-state index in [1.54, 1.807) is 25.8 Å². The summed E-state index contributed by atoms with van der Waals surface area (Å²) in [6.07, 6.45) is 0.492. The van der Waals surface area contributed by atoms with Crippen molar-refractivity contribution in [2.75, 3.05) is 33.3 Å². The van der Waals surface area contributed by atoms with Crippen LogP contribution in [-0.2, 0) is 17.5 Å². The number of morpholine rings is 1. The molecule has 1 aromatic heterocycles. The van der Waals surface area contributed by atoms with E-state index in [-0.39, 0.29) is 0 Å². The third kappa shape index (κ3) is 5.93. The third-order valence-electron chi connectivity index (χ3n) is 4.76. The Kier molecular flexibility index (Phi) is 7.08. The Hall–Kier alpha value is -2.62. The summed E-state index contributed by atoms with van der Waals surface area (Å²) in [5.41, 5.74) is -0.139. The lowest BCUT2D eigenvalue weighted by Crippen LogP contribution is -2.48. The van der Waals surface area contributed by atoms with Crippen LogP contribution in [0.4, 0.5) is 13.2 Å². The van der Waals surface area contributed by atoms with Gasteiger partial charge in [0.15, 0.2) is 5.96 Å². The van der Waals surface area contributed by atoms with Crippen molar-refractivity contribution in [3.63, 3.8) is 0 Å². The van der Waals surface area contributed by atoms with Gasteiger partial charge in [0.1, 0.15) is 18.8 Å². The molecule has 1 saturated heterocycles. The molecule has 1 N–H and O–H groups in total. The van der Waals surface area contributed by atoms with Crippen LogP contribution in [0.15, 0.2) is 41.9 Å². The molecule has 158 valence electrons. The van der Waals surface area contributed by atoms with E-state index in [4.69, 9.17) is 4.74 Å². The number of halogens is 3. The van der Waals surface area contributed by atoms with Crippen LogP contribution in [0.5, 0.6) is 0 Å². The molecule has 1 atom stereocenters. The highest BCUT2D eigenvalue weighted by Crippen LogP contribution is 2.32. The zero-order valence-electron chi connectivity index (χ0n) is 16.3. The lowest BCUT2D eigenvalue weighted by Gasteiger charge is -2.35. The zero-order chi connectivity index (χ0) is 20.7. The highest BCUT2D eigenvalue weighted by molar-refractivity contribution is 5.80. The summed E-state index contributed by atoms with van der Waals surface area (Å²) < 4.78 is 46.7. The number of hydrogen-bond donors (Lipinski definition) is 1. The average molecular weight is 410 g/mol. The summed E-state index contributed by atoms with van der Waals surface area (Å²) in [6.45, 7) is 3.11. The molecule has 2 aromatic rings. The van der Waals surface area contributed by atoms with Gasteiger partial charge in [0, 0.05) is 26.7 Å². The van der Waals surface area contributed by atoms with E-state index in [1.165, 1.54) is 6.07 Å². The molecule has 0 bridgehead atoms. The molecule has 0 radical (unpaired) electrons. The first-order valence-electron chi connectivity index (χ1n) is 9.54. The van der Waals surface area contributed by atoms with Crippen LogP contribution in [0, 0.1) is 0 Å². The number of nitrogens with one attached hydrogen (secondary N) is 1. The quantitative estimate of drug-likeness (QED) is 0.451. The van der Waals surface area contributed by atoms with Crippen LogP contribution < -0.4 is 5.32 Å². The van der Waals surface area contributed by atoms with Crippen molar-refractivity contribution in [3.05, 3.63) is 48.0 Å². The minimum absolute atomic E-state index is 0.426. The Morgan fingerprint density at radius 3 is 2.79 bits per heavy atom. The summed E-state index contributed by atoms with van der Waals surface area (Å²) in [7, 11) is 1.70. The maximum absolute atomic E-state index is 13.0. The molecule has 7 nitrogen and oxygen atoms in total. The van der Waals surface area contributed by atoms with Gasteiger partial charge in [-0.1, -0.05) is 12.1 Å². The first-order valence-corrected chi connectivity index (χ1v) is 9.54. The van der Waals surface area contributed by atoms with Gasteiger partial charge in [-0.2, -0.15) is 13.2 Å². The summed E-state index contributed by atoms with van der Waals surface area (Å²) in [4.78, 5) is 6.34. The van der Waals surface area contributed by atoms with Gasteiger partial charge in [-0.25, -0.2) is 0 Å². The molecule has 1 fully saturated rings. The molecule has 3 rings (SSSR count). The van der Waals surface area contributed by atoms with Crippen LogP contribution in [0.1, 0.15) is 30.1 Å². The summed E-state index contributed by atoms with van der Waals surface area (Å²) in [5, 5.41) is 10.9. The molecular formula is C19H25F3N6O. The molecule has 1 aliphatic rings. The first kappa shape index (κ1) is 21.1. The van der Waals surface area contributed by atoms with Gasteiger partial charge in [-0.15, -0.1) is 10.2 Å². The van der Waals surface area contributed by atoms with E-state index in [2.05, 4.69) is 20.5 Å². The number of nitrogens with zero attached hydrogens (tertiary/aromatic N) is 5. The summed E-state index contributed by atoms with van der Waals surface area (Å²) in [5.74, 6) is 0.731. The zero-order valence-corrected chi connectivity index (χ0v) is 16.3. The van der Waals surface area contributed by atoms with Crippen LogP contribution >= 0.6 is 0 Å². The number of hydrogen-bond acceptors (Lipinski definition) is 4. The van der Waals surface area contributed by atoms with E-state index < -0.39 is 17.8 Å². The Morgan fingerprint density at radius 2 is 2.07 bits per heavy atom. The second-order valence-electron chi connectivity index (χ2n) is 6.81. The number of rotatable bonds is 6. The summed E-state index contributed by atoms with van der Waals surface area (Å²) >= 11 is 0. The fourth-order valence-electron chi connectivity index (χ4n) is 3.25. The van der Waals surface area contributed by atoms with E-state index in [1.807, 2.05) is 9.47 Å². The predicted molar refractivity (Wildman–Crippen MR) is 102 cm³/mol. The largest absolute Gasteiger partial charge is 0.416 e. The van der Waals surface area contributed by atoms with Crippen LogP contribution in [-0.4, -0.2) is 58.9 Å². The lowest BCUT2D eigenvalue weighted by atomic mass is 10.0. The fourth-order valence-corrected chi connectivity index (χ4v) is 3.25. The Labute approximate surface area is 167 Å². The van der Waals surface area contributed by atoms with Gasteiger partial charge in [0.05, 0.1) is 18.7 Å². The van der Waals surface area contributed by atoms with E-state index in [9.17, 15) is 13.2 Å². The minimum atomic E-state index is -4.37. The van der Waals surface area contributed by atoms with Crippen LogP contribution in [0.2, 0.25) is 0 Å². The Morgan fingerprint density at radius 1 is 1.28 bits per heavy atom. The molecule has 0 saturated carbocycles. The number of benzene rings is 1. The van der Waals surface area contributed by atoms with Crippen molar-refractivity contribution in [3.8, 4) is 0 Å². The van der Waals surface area contributed by atoms with Gasteiger partial charge in [-0.3, -0.25) is 4.99 Å². The number of aromatic nitrogens is 3. The molecular weight excluding hydrogens is 385 g/mol. The van der Waals surface area contributed by atoms with Crippen molar-refractivity contribution in [2.45, 2.75) is 31.7 Å². The number of aliphatic imine (C=N–C) groups is 1. The molecule has 0 spiro atoms. The van der Waals surface area contributed by atoms with E-state index in [0.717, 1.165) is 44.0 Å². The van der Waals surface area contributed by atoms with Gasteiger partial charge in [0.25, 0.3) is 0 Å². The third-order valence-corrected chi connectivity index (χ3v) is 4.76. The average Bonchev–Trinajstić information content (AvgIpc) is 3.24. The molecule has 0 aliphatic carbocycles. The molecule has 1 aromatic carbocycles. The second kappa shape index (κ2) is 9.73. The molecule has 1 unspecified atom stereocenters. The number of aryl methyl sites for hydroxylation is 1. The predicted octanol–water partition coefficient (Wildman–Crippen LogP) is 2.73. The van der Waals surface area contributed by atoms with Crippen LogP contribution in [0.3, 0.4) is 0 Å². The first-order chi connectivity index (χ1) is 14.0. The fraction of sp³-hybridized carbons (Fsp3) is 0.526. The van der Waals surface area contributed by atoms with Gasteiger partial charge in [-0.05, 0) is 30.5 Å². The number of unbranched alkanes of at least 4 members (excludes halogenated alkanes) is 1. The molecule has 0 amide bonds. The molecule has 2 heterocycles. The van der Waals surface area contributed by atoms with Crippen molar-refractivity contribution < 1.29 is 17.9 Å². The minimum Gasteiger partial charge on any atom is -0.370 e. The van der Waals surface area contributed by atoms with E-state index >= 15 is 0 Å². The van der Waals surface area contributed by atoms with Gasteiger partial charge >= 0.3 is 6.18 Å². The topological polar surface area (TPSA) is 67.6 Å². The second-order valence-corrected chi connectivity index (χ2v) is 6.81. The van der Waals surface area contributed by atoms with E-state index in [0.29, 0.717) is 25.3 Å². The maximum atomic E-state index is 13.0. The SMILES string of the molecule is CN=C(NCCCCn1cnnc1)N1CCOC(c2cccc(C(F)(F)F)c2)C1. The Bertz CT molecular complexity index is 793. The molecule has 1 aliphatic heterocycles. The number of guanidine groups is 1. The monoisotopic (exact) mass is 410 g/mol. The van der Waals surface area contributed by atoms with Crippen LogP contribution in [0.25, 0.3) is 0 Å². The van der Waals surface area contributed by atoms with Gasteiger partial charge in [0.2, 0.25) is 0 Å². The normalized spacial score (nSPS) is 18.1. The number of ether oxygens (including phenoxy) is 1. The number of alkyl halides is 3. The lowest BCUT2D eigenvalue weighted by molar-refractivity contribution is -0.137. The Balaban J connectivity index is 1.52. The van der Waals surface area contributed by atoms with Gasteiger partial charge < -0.3 is 19.5 Å². The van der Waals surface area contributed by atoms with Crippen molar-refractivity contribution in [1.29, 1.82) is 0 Å². The highest BCUT2D eigenvalue weighted by Gasteiger charge is 2.32. The van der Waals surface area contributed by atoms with Crippen molar-refractivity contribution in [2.24, 2.45) is 4.99 Å². The molecule has 29 heavy (non-hydrogen) atoms.